The molecule has 0 atom stereocenters. The molecule has 0 radical (unpaired) electrons. The Morgan fingerprint density at radius 3 is 2.94 bits per heavy atom. The number of benzene rings is 2. The average molecular weight is 517 g/mol. The Bertz CT molecular complexity index is 1340. The van der Waals surface area contributed by atoms with Gasteiger partial charge in [0.1, 0.15) is 23.2 Å². The summed E-state index contributed by atoms with van der Waals surface area (Å²) in [6.45, 7) is 4.72. The van der Waals surface area contributed by atoms with Crippen molar-refractivity contribution in [1.82, 2.24) is 19.7 Å². The molecule has 174 valence electrons. The predicted molar refractivity (Wildman–Crippen MR) is 129 cm³/mol. The Hall–Kier alpha value is -3.08. The number of allylic oxidation sites excluding steroid dienone is 1. The molecule has 1 aliphatic rings. The molecule has 0 saturated carbocycles. The molecule has 11 heteroatoms. The smallest absolute Gasteiger partial charge is 0.231 e. The lowest BCUT2D eigenvalue weighted by Crippen LogP contribution is -2.07. The van der Waals surface area contributed by atoms with Gasteiger partial charge in [0, 0.05) is 23.2 Å². The van der Waals surface area contributed by atoms with Gasteiger partial charge in [0.25, 0.3) is 0 Å². The fraction of sp³-hybridized carbons (Fsp3) is 0.174. The zero-order valence-corrected chi connectivity index (χ0v) is 20.1. The summed E-state index contributed by atoms with van der Waals surface area (Å²) in [5.41, 5.74) is 1.92. The fourth-order valence-electron chi connectivity index (χ4n) is 3.25. The van der Waals surface area contributed by atoms with E-state index in [1.54, 1.807) is 17.4 Å². The Kier molecular flexibility index (Phi) is 6.70. The first-order valence-electron chi connectivity index (χ1n) is 10.2. The van der Waals surface area contributed by atoms with Crippen molar-refractivity contribution >= 4 is 34.7 Å². The molecule has 4 aromatic rings. The van der Waals surface area contributed by atoms with Gasteiger partial charge in [-0.25, -0.2) is 9.37 Å². The van der Waals surface area contributed by atoms with Crippen molar-refractivity contribution in [2.24, 2.45) is 0 Å². The van der Waals surface area contributed by atoms with E-state index in [4.69, 9.17) is 30.8 Å². The lowest BCUT2D eigenvalue weighted by atomic mass is 10.2. The van der Waals surface area contributed by atoms with Crippen LogP contribution in [0.15, 0.2) is 59.6 Å². The van der Waals surface area contributed by atoms with Crippen molar-refractivity contribution < 1.29 is 18.6 Å². The van der Waals surface area contributed by atoms with E-state index in [2.05, 4.69) is 16.8 Å². The molecule has 0 N–H and O–H groups in total. The van der Waals surface area contributed by atoms with Gasteiger partial charge in [0.2, 0.25) is 6.79 Å². The normalized spacial score (nSPS) is 12.2. The molecule has 3 heterocycles. The third kappa shape index (κ3) is 4.89. The Labute approximate surface area is 208 Å². The van der Waals surface area contributed by atoms with Gasteiger partial charge < -0.3 is 14.2 Å². The summed E-state index contributed by atoms with van der Waals surface area (Å²) in [5, 5.41) is 12.4. The lowest BCUT2D eigenvalue weighted by Gasteiger charge is -2.10. The molecule has 0 aliphatic carbocycles. The monoisotopic (exact) mass is 516 g/mol. The number of fused-ring (bicyclic) bond motifs is 1. The Balaban J connectivity index is 1.26. The first-order valence-corrected chi connectivity index (χ1v) is 12.4. The average Bonchev–Trinajstić information content (AvgIpc) is 3.57. The number of halogens is 2. The van der Waals surface area contributed by atoms with Gasteiger partial charge in [-0.15, -0.1) is 28.1 Å². The van der Waals surface area contributed by atoms with Crippen molar-refractivity contribution in [3.63, 3.8) is 0 Å². The number of aromatic nitrogens is 4. The van der Waals surface area contributed by atoms with E-state index >= 15 is 0 Å². The van der Waals surface area contributed by atoms with Crippen LogP contribution in [0.1, 0.15) is 11.5 Å². The third-order valence-electron chi connectivity index (χ3n) is 4.88. The molecule has 0 unspecified atom stereocenters. The SMILES string of the molecule is C=CCn1c(COc2ccc(F)cc2Cl)nnc1SCc1csc(-c2ccc3c(c2)OCO3)n1. The molecule has 0 bridgehead atoms. The molecule has 0 fully saturated rings. The molecule has 2 aromatic heterocycles. The first kappa shape index (κ1) is 22.7. The second-order valence-corrected chi connectivity index (χ2v) is 9.37. The minimum absolute atomic E-state index is 0.137. The molecule has 5 rings (SSSR count). The molecule has 0 amide bonds. The van der Waals surface area contributed by atoms with Crippen LogP contribution in [0.4, 0.5) is 4.39 Å². The molecule has 0 saturated heterocycles. The zero-order valence-electron chi connectivity index (χ0n) is 17.7. The van der Waals surface area contributed by atoms with Gasteiger partial charge in [-0.1, -0.05) is 29.4 Å². The number of ether oxygens (including phenoxy) is 3. The largest absolute Gasteiger partial charge is 0.484 e. The highest BCUT2D eigenvalue weighted by Crippen LogP contribution is 2.37. The number of hydrogen-bond acceptors (Lipinski definition) is 8. The molecule has 1 aliphatic heterocycles. The number of hydrogen-bond donors (Lipinski definition) is 0. The summed E-state index contributed by atoms with van der Waals surface area (Å²) in [7, 11) is 0. The van der Waals surface area contributed by atoms with Crippen molar-refractivity contribution in [3.8, 4) is 27.8 Å². The highest BCUT2D eigenvalue weighted by molar-refractivity contribution is 7.98. The standard InChI is InChI=1S/C23H18ClFN4O3S2/c1-2-7-29-21(10-30-18-6-4-15(25)9-17(18)24)27-28-23(29)34-12-16-11-33-22(26-16)14-3-5-19-20(8-14)32-13-31-19/h2-6,8-9,11H,1,7,10,12-13H2. The fourth-order valence-corrected chi connectivity index (χ4v) is 5.26. The lowest BCUT2D eigenvalue weighted by molar-refractivity contribution is 0.174. The second kappa shape index (κ2) is 10.0. The maximum Gasteiger partial charge on any atom is 0.231 e. The first-order chi connectivity index (χ1) is 16.6. The summed E-state index contributed by atoms with van der Waals surface area (Å²) in [4.78, 5) is 4.75. The van der Waals surface area contributed by atoms with E-state index in [0.717, 1.165) is 32.9 Å². The topological polar surface area (TPSA) is 71.3 Å². The molecule has 7 nitrogen and oxygen atoms in total. The highest BCUT2D eigenvalue weighted by atomic mass is 35.5. The molecular weight excluding hydrogens is 499 g/mol. The highest BCUT2D eigenvalue weighted by Gasteiger charge is 2.17. The molecule has 2 aromatic carbocycles. The van der Waals surface area contributed by atoms with Crippen LogP contribution in [0.3, 0.4) is 0 Å². The van der Waals surface area contributed by atoms with Crippen molar-refractivity contribution in [1.29, 1.82) is 0 Å². The van der Waals surface area contributed by atoms with Crippen LogP contribution < -0.4 is 14.2 Å². The van der Waals surface area contributed by atoms with Crippen molar-refractivity contribution in [3.05, 3.63) is 76.8 Å². The minimum Gasteiger partial charge on any atom is -0.484 e. The Morgan fingerprint density at radius 1 is 1.21 bits per heavy atom. The van der Waals surface area contributed by atoms with Gasteiger partial charge >= 0.3 is 0 Å². The summed E-state index contributed by atoms with van der Waals surface area (Å²) in [6.07, 6.45) is 1.77. The van der Waals surface area contributed by atoms with E-state index in [1.807, 2.05) is 28.1 Å². The van der Waals surface area contributed by atoms with Gasteiger partial charge in [0.05, 0.1) is 10.7 Å². The van der Waals surface area contributed by atoms with E-state index in [9.17, 15) is 4.39 Å². The number of nitrogens with zero attached hydrogens (tertiary/aromatic N) is 4. The van der Waals surface area contributed by atoms with E-state index in [1.165, 1.54) is 30.0 Å². The summed E-state index contributed by atoms with van der Waals surface area (Å²) in [5.74, 6) is 2.68. The van der Waals surface area contributed by atoms with Gasteiger partial charge in [0.15, 0.2) is 22.5 Å². The third-order valence-corrected chi connectivity index (χ3v) is 7.11. The molecule has 0 spiro atoms. The summed E-state index contributed by atoms with van der Waals surface area (Å²) >= 11 is 9.14. The van der Waals surface area contributed by atoms with Crippen LogP contribution in [-0.4, -0.2) is 26.5 Å². The predicted octanol–water partition coefficient (Wildman–Crippen LogP) is 5.98. The second-order valence-electron chi connectivity index (χ2n) is 7.16. The summed E-state index contributed by atoms with van der Waals surface area (Å²) < 4.78 is 31.7. The molecule has 34 heavy (non-hydrogen) atoms. The Morgan fingerprint density at radius 2 is 2.09 bits per heavy atom. The van der Waals surface area contributed by atoms with Gasteiger partial charge in [-0.3, -0.25) is 4.57 Å². The van der Waals surface area contributed by atoms with Crippen molar-refractivity contribution in [2.75, 3.05) is 6.79 Å². The van der Waals surface area contributed by atoms with Crippen LogP contribution in [0.2, 0.25) is 5.02 Å². The van der Waals surface area contributed by atoms with E-state index in [0.29, 0.717) is 23.9 Å². The number of thioether (sulfide) groups is 1. The van der Waals surface area contributed by atoms with Gasteiger partial charge in [-0.2, -0.15) is 0 Å². The minimum atomic E-state index is -0.422. The number of rotatable bonds is 9. The number of thiazole rings is 1. The maximum absolute atomic E-state index is 13.3. The summed E-state index contributed by atoms with van der Waals surface area (Å²) in [6, 6.07) is 9.80. The van der Waals surface area contributed by atoms with Crippen LogP contribution >= 0.6 is 34.7 Å². The van der Waals surface area contributed by atoms with Gasteiger partial charge in [-0.05, 0) is 36.4 Å². The molecular formula is C23H18ClFN4O3S2. The quantitative estimate of drug-likeness (QED) is 0.200. The van der Waals surface area contributed by atoms with E-state index in [-0.39, 0.29) is 18.4 Å². The maximum atomic E-state index is 13.3. The van der Waals surface area contributed by atoms with Crippen LogP contribution in [0.25, 0.3) is 10.6 Å². The van der Waals surface area contributed by atoms with Crippen LogP contribution in [-0.2, 0) is 18.9 Å². The van der Waals surface area contributed by atoms with Crippen molar-refractivity contribution in [2.45, 2.75) is 24.1 Å². The van der Waals surface area contributed by atoms with Crippen LogP contribution in [0, 0.1) is 5.82 Å². The van der Waals surface area contributed by atoms with E-state index < -0.39 is 5.82 Å². The zero-order chi connectivity index (χ0) is 23.5. The van der Waals surface area contributed by atoms with Crippen LogP contribution in [0.5, 0.6) is 17.2 Å².